The molecule has 5 heteroatoms. The van der Waals surface area contributed by atoms with Gasteiger partial charge in [-0.1, -0.05) is 23.7 Å². The maximum absolute atomic E-state index is 6.04. The number of fused-ring (bicyclic) bond motifs is 1. The number of aromatic nitrogens is 2. The Morgan fingerprint density at radius 3 is 2.91 bits per heavy atom. The summed E-state index contributed by atoms with van der Waals surface area (Å²) < 4.78 is 5.91. The fourth-order valence-electron chi connectivity index (χ4n) is 2.68. The molecule has 0 bridgehead atoms. The zero-order chi connectivity index (χ0) is 14.9. The van der Waals surface area contributed by atoms with Gasteiger partial charge in [0.1, 0.15) is 17.3 Å². The number of rotatable bonds is 2. The van der Waals surface area contributed by atoms with E-state index in [4.69, 9.17) is 16.0 Å². The van der Waals surface area contributed by atoms with Crippen LogP contribution >= 0.6 is 11.6 Å². The molecule has 0 aliphatic carbocycles. The number of hydrogen-bond donors (Lipinski definition) is 0. The van der Waals surface area contributed by atoms with Crippen LogP contribution in [0.5, 0.6) is 0 Å². The highest BCUT2D eigenvalue weighted by molar-refractivity contribution is 6.30. The average Bonchev–Trinajstić information content (AvgIpc) is 2.99. The minimum Gasteiger partial charge on any atom is -0.441 e. The Kier molecular flexibility index (Phi) is 3.31. The zero-order valence-electron chi connectivity index (χ0n) is 11.9. The average molecular weight is 312 g/mol. The molecule has 0 atom stereocenters. The summed E-state index contributed by atoms with van der Waals surface area (Å²) in [5.74, 6) is 2.57. The van der Waals surface area contributed by atoms with E-state index in [2.05, 4.69) is 14.9 Å². The van der Waals surface area contributed by atoms with Crippen molar-refractivity contribution in [2.45, 2.75) is 13.0 Å². The summed E-state index contributed by atoms with van der Waals surface area (Å²) in [5.41, 5.74) is 1.89. The van der Waals surface area contributed by atoms with Crippen LogP contribution in [0.2, 0.25) is 5.02 Å². The third-order valence-corrected chi connectivity index (χ3v) is 4.01. The predicted molar refractivity (Wildman–Crippen MR) is 85.9 cm³/mol. The minimum absolute atomic E-state index is 0.635. The normalized spacial score (nSPS) is 14.0. The molecule has 3 aromatic rings. The Bertz CT molecular complexity index is 801. The SMILES string of the molecule is Clc1cccc(-c2nc3c(o2)CCN(c2ccccn2)C3)c1. The molecule has 1 aromatic carbocycles. The summed E-state index contributed by atoms with van der Waals surface area (Å²) in [4.78, 5) is 11.3. The van der Waals surface area contributed by atoms with Crippen molar-refractivity contribution < 1.29 is 4.42 Å². The second-order valence-electron chi connectivity index (χ2n) is 5.26. The molecule has 2 aromatic heterocycles. The van der Waals surface area contributed by atoms with E-state index in [1.54, 1.807) is 0 Å². The monoisotopic (exact) mass is 311 g/mol. The number of hydrogen-bond acceptors (Lipinski definition) is 4. The molecule has 3 heterocycles. The Hall–Kier alpha value is -2.33. The van der Waals surface area contributed by atoms with E-state index in [0.717, 1.165) is 42.3 Å². The lowest BCUT2D eigenvalue weighted by Crippen LogP contribution is -2.30. The van der Waals surface area contributed by atoms with Gasteiger partial charge < -0.3 is 9.32 Å². The van der Waals surface area contributed by atoms with Gasteiger partial charge >= 0.3 is 0 Å². The van der Waals surface area contributed by atoms with Crippen LogP contribution in [0.15, 0.2) is 53.1 Å². The van der Waals surface area contributed by atoms with Crippen LogP contribution in [0.25, 0.3) is 11.5 Å². The van der Waals surface area contributed by atoms with Crippen molar-refractivity contribution in [1.29, 1.82) is 0 Å². The van der Waals surface area contributed by atoms with Gasteiger partial charge in [-0.15, -0.1) is 0 Å². The number of anilines is 1. The highest BCUT2D eigenvalue weighted by atomic mass is 35.5. The van der Waals surface area contributed by atoms with Crippen LogP contribution in [0.4, 0.5) is 5.82 Å². The van der Waals surface area contributed by atoms with Crippen molar-refractivity contribution in [2.24, 2.45) is 0 Å². The van der Waals surface area contributed by atoms with Crippen LogP contribution < -0.4 is 4.90 Å². The van der Waals surface area contributed by atoms with Crippen LogP contribution in [-0.4, -0.2) is 16.5 Å². The quantitative estimate of drug-likeness (QED) is 0.718. The van der Waals surface area contributed by atoms with E-state index in [-0.39, 0.29) is 0 Å². The number of nitrogens with zero attached hydrogens (tertiary/aromatic N) is 3. The van der Waals surface area contributed by atoms with Crippen molar-refractivity contribution in [1.82, 2.24) is 9.97 Å². The summed E-state index contributed by atoms with van der Waals surface area (Å²) >= 11 is 6.04. The molecular formula is C17H14ClN3O. The fraction of sp³-hybridized carbons (Fsp3) is 0.176. The first-order chi connectivity index (χ1) is 10.8. The molecule has 0 unspecified atom stereocenters. The van der Waals surface area contributed by atoms with E-state index < -0.39 is 0 Å². The Morgan fingerprint density at radius 2 is 2.09 bits per heavy atom. The highest BCUT2D eigenvalue weighted by Gasteiger charge is 2.23. The summed E-state index contributed by atoms with van der Waals surface area (Å²) in [7, 11) is 0. The third-order valence-electron chi connectivity index (χ3n) is 3.77. The van der Waals surface area contributed by atoms with E-state index in [9.17, 15) is 0 Å². The van der Waals surface area contributed by atoms with Crippen LogP contribution in [-0.2, 0) is 13.0 Å². The first-order valence-corrected chi connectivity index (χ1v) is 7.58. The molecule has 22 heavy (non-hydrogen) atoms. The number of halogens is 1. The Morgan fingerprint density at radius 1 is 1.14 bits per heavy atom. The van der Waals surface area contributed by atoms with Gasteiger partial charge in [0.2, 0.25) is 5.89 Å². The lowest BCUT2D eigenvalue weighted by Gasteiger charge is -2.26. The second-order valence-corrected chi connectivity index (χ2v) is 5.70. The Balaban J connectivity index is 1.64. The molecule has 0 spiro atoms. The van der Waals surface area contributed by atoms with Gasteiger partial charge in [0, 0.05) is 29.7 Å². The van der Waals surface area contributed by atoms with Crippen molar-refractivity contribution in [3.05, 3.63) is 65.1 Å². The third kappa shape index (κ3) is 2.46. The molecule has 0 fully saturated rings. The molecule has 0 amide bonds. The molecule has 110 valence electrons. The fourth-order valence-corrected chi connectivity index (χ4v) is 2.87. The lowest BCUT2D eigenvalue weighted by molar-refractivity contribution is 0.498. The van der Waals surface area contributed by atoms with Crippen LogP contribution in [0.1, 0.15) is 11.5 Å². The molecule has 0 saturated carbocycles. The number of oxazole rings is 1. The largest absolute Gasteiger partial charge is 0.441 e. The summed E-state index contributed by atoms with van der Waals surface area (Å²) in [6.07, 6.45) is 2.64. The van der Waals surface area contributed by atoms with E-state index in [0.29, 0.717) is 10.9 Å². The van der Waals surface area contributed by atoms with Crippen molar-refractivity contribution >= 4 is 17.4 Å². The topological polar surface area (TPSA) is 42.2 Å². The van der Waals surface area contributed by atoms with Gasteiger partial charge in [-0.2, -0.15) is 0 Å². The first-order valence-electron chi connectivity index (χ1n) is 7.20. The maximum Gasteiger partial charge on any atom is 0.226 e. The maximum atomic E-state index is 6.04. The van der Waals surface area contributed by atoms with Gasteiger partial charge in [0.25, 0.3) is 0 Å². The second kappa shape index (κ2) is 5.46. The van der Waals surface area contributed by atoms with Crippen molar-refractivity contribution in [3.8, 4) is 11.5 Å². The molecule has 0 N–H and O–H groups in total. The van der Waals surface area contributed by atoms with E-state index in [1.165, 1.54) is 0 Å². The van der Waals surface area contributed by atoms with E-state index >= 15 is 0 Å². The zero-order valence-corrected chi connectivity index (χ0v) is 12.6. The molecule has 1 aliphatic heterocycles. The molecular weight excluding hydrogens is 298 g/mol. The van der Waals surface area contributed by atoms with Gasteiger partial charge in [0.15, 0.2) is 0 Å². The minimum atomic E-state index is 0.635. The number of pyridine rings is 1. The smallest absolute Gasteiger partial charge is 0.226 e. The van der Waals surface area contributed by atoms with Gasteiger partial charge in [-0.3, -0.25) is 0 Å². The highest BCUT2D eigenvalue weighted by Crippen LogP contribution is 2.28. The van der Waals surface area contributed by atoms with Crippen LogP contribution in [0, 0.1) is 0 Å². The molecule has 1 aliphatic rings. The lowest BCUT2D eigenvalue weighted by atomic mass is 10.1. The van der Waals surface area contributed by atoms with Gasteiger partial charge in [-0.25, -0.2) is 9.97 Å². The number of benzene rings is 1. The standard InChI is InChI=1S/C17H14ClN3O/c18-13-5-3-4-12(10-13)17-20-14-11-21(9-7-15(14)22-17)16-6-1-2-8-19-16/h1-6,8,10H,7,9,11H2. The van der Waals surface area contributed by atoms with Gasteiger partial charge in [0.05, 0.1) is 6.54 Å². The van der Waals surface area contributed by atoms with Gasteiger partial charge in [-0.05, 0) is 30.3 Å². The predicted octanol–water partition coefficient (Wildman–Crippen LogP) is 3.95. The van der Waals surface area contributed by atoms with Crippen molar-refractivity contribution in [3.63, 3.8) is 0 Å². The Labute approximate surface area is 133 Å². The molecule has 0 saturated heterocycles. The van der Waals surface area contributed by atoms with Crippen molar-refractivity contribution in [2.75, 3.05) is 11.4 Å². The summed E-state index contributed by atoms with van der Waals surface area (Å²) in [6, 6.07) is 13.5. The van der Waals surface area contributed by atoms with Crippen LogP contribution in [0.3, 0.4) is 0 Å². The first kappa shape index (κ1) is 13.3. The van der Waals surface area contributed by atoms with E-state index in [1.807, 2.05) is 48.7 Å². The summed E-state index contributed by atoms with van der Waals surface area (Å²) in [5, 5.41) is 0.684. The summed E-state index contributed by atoms with van der Waals surface area (Å²) in [6.45, 7) is 1.60. The molecule has 0 radical (unpaired) electrons. The molecule has 4 rings (SSSR count). The molecule has 4 nitrogen and oxygen atoms in total.